The van der Waals surface area contributed by atoms with Gasteiger partial charge >= 0.3 is 5.97 Å². The Morgan fingerprint density at radius 2 is 2.25 bits per heavy atom. The van der Waals surface area contributed by atoms with Crippen molar-refractivity contribution in [2.24, 2.45) is 0 Å². The molecular formula is C12H19NO2S. The van der Waals surface area contributed by atoms with Crippen LogP contribution in [-0.2, 0) is 16.1 Å². The summed E-state index contributed by atoms with van der Waals surface area (Å²) in [7, 11) is 1.42. The summed E-state index contributed by atoms with van der Waals surface area (Å²) in [5.41, 5.74) is 1.31. The molecule has 0 saturated heterocycles. The van der Waals surface area contributed by atoms with Gasteiger partial charge in [-0.15, -0.1) is 11.3 Å². The van der Waals surface area contributed by atoms with Crippen molar-refractivity contribution in [2.45, 2.75) is 39.8 Å². The number of nitrogens with one attached hydrogen (secondary N) is 1. The Morgan fingerprint density at radius 3 is 2.69 bits per heavy atom. The Labute approximate surface area is 101 Å². The number of carbonyl (C=O) groups is 1. The third-order valence-electron chi connectivity index (χ3n) is 2.63. The zero-order valence-corrected chi connectivity index (χ0v) is 11.1. The summed E-state index contributed by atoms with van der Waals surface area (Å²) in [6.45, 7) is 6.92. The molecule has 1 atom stereocenters. The van der Waals surface area contributed by atoms with E-state index >= 15 is 0 Å². The second-order valence-electron chi connectivity index (χ2n) is 3.82. The fourth-order valence-corrected chi connectivity index (χ4v) is 2.50. The first-order valence-corrected chi connectivity index (χ1v) is 6.27. The fourth-order valence-electron chi connectivity index (χ4n) is 1.50. The van der Waals surface area contributed by atoms with Crippen LogP contribution in [-0.4, -0.2) is 19.1 Å². The van der Waals surface area contributed by atoms with Crippen LogP contribution in [0.25, 0.3) is 0 Å². The monoisotopic (exact) mass is 241 g/mol. The third-order valence-corrected chi connectivity index (χ3v) is 3.79. The van der Waals surface area contributed by atoms with Crippen molar-refractivity contribution in [1.29, 1.82) is 0 Å². The molecule has 1 aromatic rings. The molecule has 1 N–H and O–H groups in total. The molecule has 90 valence electrons. The van der Waals surface area contributed by atoms with E-state index in [9.17, 15) is 4.79 Å². The van der Waals surface area contributed by atoms with E-state index in [4.69, 9.17) is 4.74 Å². The van der Waals surface area contributed by atoms with Crippen LogP contribution in [0.15, 0.2) is 6.07 Å². The van der Waals surface area contributed by atoms with Crippen molar-refractivity contribution in [1.82, 2.24) is 5.32 Å². The average Bonchev–Trinajstić information content (AvgIpc) is 2.59. The maximum atomic E-state index is 11.4. The lowest BCUT2D eigenvalue weighted by atomic mass is 10.2. The molecule has 0 saturated carbocycles. The summed E-state index contributed by atoms with van der Waals surface area (Å²) >= 11 is 1.77. The van der Waals surface area contributed by atoms with Crippen LogP contribution in [0.5, 0.6) is 0 Å². The number of hydrogen-bond donors (Lipinski definition) is 1. The molecule has 0 fully saturated rings. The van der Waals surface area contributed by atoms with E-state index in [1.165, 1.54) is 22.4 Å². The number of carbonyl (C=O) groups excluding carboxylic acids is 1. The van der Waals surface area contributed by atoms with E-state index in [2.05, 4.69) is 25.2 Å². The van der Waals surface area contributed by atoms with Crippen molar-refractivity contribution >= 4 is 17.3 Å². The molecule has 0 radical (unpaired) electrons. The molecule has 0 aromatic carbocycles. The van der Waals surface area contributed by atoms with Gasteiger partial charge in [0.05, 0.1) is 7.11 Å². The fraction of sp³-hybridized carbons (Fsp3) is 0.583. The zero-order valence-electron chi connectivity index (χ0n) is 10.3. The van der Waals surface area contributed by atoms with Gasteiger partial charge in [0.25, 0.3) is 0 Å². The molecule has 1 rings (SSSR count). The van der Waals surface area contributed by atoms with E-state index in [0.717, 1.165) is 13.0 Å². The van der Waals surface area contributed by atoms with Crippen LogP contribution in [0.2, 0.25) is 0 Å². The first kappa shape index (κ1) is 13.2. The Bertz CT molecular complexity index is 340. The Morgan fingerprint density at radius 1 is 1.56 bits per heavy atom. The van der Waals surface area contributed by atoms with Gasteiger partial charge < -0.3 is 4.74 Å². The van der Waals surface area contributed by atoms with Gasteiger partial charge in [0.2, 0.25) is 0 Å². The molecule has 1 unspecified atom stereocenters. The third kappa shape index (κ3) is 3.32. The van der Waals surface area contributed by atoms with Gasteiger partial charge in [0, 0.05) is 16.3 Å². The maximum absolute atomic E-state index is 11.4. The largest absolute Gasteiger partial charge is 0.468 e. The minimum atomic E-state index is -0.201. The number of esters is 1. The normalized spacial score (nSPS) is 12.5. The quantitative estimate of drug-likeness (QED) is 0.805. The van der Waals surface area contributed by atoms with E-state index in [-0.39, 0.29) is 12.0 Å². The first-order chi connectivity index (χ1) is 7.58. The van der Waals surface area contributed by atoms with Gasteiger partial charge in [0.1, 0.15) is 6.04 Å². The smallest absolute Gasteiger partial charge is 0.322 e. The summed E-state index contributed by atoms with van der Waals surface area (Å²) < 4.78 is 4.72. The summed E-state index contributed by atoms with van der Waals surface area (Å²) in [6, 6.07) is 1.96. The molecule has 16 heavy (non-hydrogen) atoms. The topological polar surface area (TPSA) is 38.3 Å². The number of aryl methyl sites for hydroxylation is 2. The predicted molar refractivity (Wildman–Crippen MR) is 66.7 cm³/mol. The number of thiophene rings is 1. The van der Waals surface area contributed by atoms with Crippen LogP contribution in [0, 0.1) is 13.8 Å². The van der Waals surface area contributed by atoms with Crippen molar-refractivity contribution in [3.8, 4) is 0 Å². The predicted octanol–water partition coefficient (Wildman–Crippen LogP) is 2.41. The van der Waals surface area contributed by atoms with E-state index in [1.54, 1.807) is 11.3 Å². The Balaban J connectivity index is 2.52. The lowest BCUT2D eigenvalue weighted by molar-refractivity contribution is -0.143. The summed E-state index contributed by atoms with van der Waals surface area (Å²) in [6.07, 6.45) is 0.746. The lowest BCUT2D eigenvalue weighted by Gasteiger charge is -2.13. The maximum Gasteiger partial charge on any atom is 0.322 e. The SMILES string of the molecule is CCC(NCc1cc(C)c(C)s1)C(=O)OC. The number of ether oxygens (including phenoxy) is 1. The highest BCUT2D eigenvalue weighted by molar-refractivity contribution is 7.12. The van der Waals surface area contributed by atoms with Gasteiger partial charge in [0.15, 0.2) is 0 Å². The molecule has 0 aliphatic carbocycles. The first-order valence-electron chi connectivity index (χ1n) is 5.45. The van der Waals surface area contributed by atoms with Gasteiger partial charge in [-0.05, 0) is 31.9 Å². The van der Waals surface area contributed by atoms with Crippen molar-refractivity contribution in [3.63, 3.8) is 0 Å². The highest BCUT2D eigenvalue weighted by Crippen LogP contribution is 2.20. The van der Waals surface area contributed by atoms with Crippen LogP contribution in [0.3, 0.4) is 0 Å². The van der Waals surface area contributed by atoms with Crippen molar-refractivity contribution in [2.75, 3.05) is 7.11 Å². The van der Waals surface area contributed by atoms with Gasteiger partial charge in [-0.2, -0.15) is 0 Å². The summed E-state index contributed by atoms with van der Waals surface area (Å²) in [5.74, 6) is -0.187. The lowest BCUT2D eigenvalue weighted by Crippen LogP contribution is -2.36. The van der Waals surface area contributed by atoms with Crippen molar-refractivity contribution in [3.05, 3.63) is 21.4 Å². The summed E-state index contributed by atoms with van der Waals surface area (Å²) in [4.78, 5) is 14.0. The minimum Gasteiger partial charge on any atom is -0.468 e. The average molecular weight is 241 g/mol. The molecule has 0 aliphatic rings. The number of rotatable bonds is 5. The molecule has 0 spiro atoms. The van der Waals surface area contributed by atoms with Crippen molar-refractivity contribution < 1.29 is 9.53 Å². The second kappa shape index (κ2) is 6.01. The van der Waals surface area contributed by atoms with E-state index in [0.29, 0.717) is 0 Å². The molecule has 0 amide bonds. The molecule has 0 aliphatic heterocycles. The van der Waals surface area contributed by atoms with Crippen LogP contribution >= 0.6 is 11.3 Å². The van der Waals surface area contributed by atoms with Crippen LogP contribution < -0.4 is 5.32 Å². The van der Waals surface area contributed by atoms with Crippen LogP contribution in [0.4, 0.5) is 0 Å². The number of hydrogen-bond acceptors (Lipinski definition) is 4. The highest BCUT2D eigenvalue weighted by atomic mass is 32.1. The van der Waals surface area contributed by atoms with E-state index in [1.807, 2.05) is 6.92 Å². The molecule has 1 aromatic heterocycles. The molecule has 3 nitrogen and oxygen atoms in total. The second-order valence-corrected chi connectivity index (χ2v) is 5.16. The number of methoxy groups -OCH3 is 1. The van der Waals surface area contributed by atoms with E-state index < -0.39 is 0 Å². The van der Waals surface area contributed by atoms with Gasteiger partial charge in [-0.1, -0.05) is 6.92 Å². The summed E-state index contributed by atoms with van der Waals surface area (Å²) in [5, 5.41) is 3.21. The van der Waals surface area contributed by atoms with Gasteiger partial charge in [-0.3, -0.25) is 10.1 Å². The molecule has 4 heteroatoms. The molecule has 0 bridgehead atoms. The molecule has 1 heterocycles. The minimum absolute atomic E-state index is 0.187. The van der Waals surface area contributed by atoms with Gasteiger partial charge in [-0.25, -0.2) is 0 Å². The zero-order chi connectivity index (χ0) is 12.1. The Kier molecular flexibility index (Phi) is 4.96. The Hall–Kier alpha value is -0.870. The van der Waals surface area contributed by atoms with Crippen LogP contribution in [0.1, 0.15) is 28.7 Å². The highest BCUT2D eigenvalue weighted by Gasteiger charge is 2.16. The standard InChI is InChI=1S/C12H19NO2S/c1-5-11(12(14)15-4)13-7-10-6-8(2)9(3)16-10/h6,11,13H,5,7H2,1-4H3. The molecular weight excluding hydrogens is 222 g/mol.